The SMILES string of the molecule is CCc1ccc(C(=O)c2ccccc2C(F)(F)F)s1. The van der Waals surface area contributed by atoms with Crippen molar-refractivity contribution >= 4 is 17.1 Å². The molecule has 2 rings (SSSR count). The highest BCUT2D eigenvalue weighted by atomic mass is 32.1. The van der Waals surface area contributed by atoms with Crippen molar-refractivity contribution in [2.45, 2.75) is 19.5 Å². The lowest BCUT2D eigenvalue weighted by atomic mass is 10.0. The quantitative estimate of drug-likeness (QED) is 0.755. The van der Waals surface area contributed by atoms with Gasteiger partial charge in [-0.15, -0.1) is 11.3 Å². The van der Waals surface area contributed by atoms with E-state index >= 15 is 0 Å². The van der Waals surface area contributed by atoms with Crippen LogP contribution in [0.25, 0.3) is 0 Å². The van der Waals surface area contributed by atoms with Gasteiger partial charge in [0.1, 0.15) is 0 Å². The Morgan fingerprint density at radius 1 is 1.16 bits per heavy atom. The van der Waals surface area contributed by atoms with Gasteiger partial charge < -0.3 is 0 Å². The summed E-state index contributed by atoms with van der Waals surface area (Å²) in [4.78, 5) is 13.5. The monoisotopic (exact) mass is 284 g/mol. The average molecular weight is 284 g/mol. The molecule has 0 bridgehead atoms. The third-order valence-electron chi connectivity index (χ3n) is 2.71. The van der Waals surface area contributed by atoms with Gasteiger partial charge in [-0.2, -0.15) is 13.2 Å². The molecular weight excluding hydrogens is 273 g/mol. The van der Waals surface area contributed by atoms with Gasteiger partial charge >= 0.3 is 6.18 Å². The van der Waals surface area contributed by atoms with Crippen LogP contribution in [0.3, 0.4) is 0 Å². The summed E-state index contributed by atoms with van der Waals surface area (Å²) in [5.74, 6) is -0.572. The van der Waals surface area contributed by atoms with Gasteiger partial charge in [0.05, 0.1) is 10.4 Å². The third kappa shape index (κ3) is 2.87. The van der Waals surface area contributed by atoms with E-state index in [9.17, 15) is 18.0 Å². The van der Waals surface area contributed by atoms with Crippen LogP contribution < -0.4 is 0 Å². The molecule has 0 aliphatic carbocycles. The minimum atomic E-state index is -4.52. The van der Waals surface area contributed by atoms with Crippen molar-refractivity contribution in [3.8, 4) is 0 Å². The van der Waals surface area contributed by atoms with Crippen molar-refractivity contribution in [2.24, 2.45) is 0 Å². The van der Waals surface area contributed by atoms with Crippen molar-refractivity contribution in [1.29, 1.82) is 0 Å². The van der Waals surface area contributed by atoms with Crippen molar-refractivity contribution in [2.75, 3.05) is 0 Å². The van der Waals surface area contributed by atoms with Gasteiger partial charge in [-0.3, -0.25) is 4.79 Å². The lowest BCUT2D eigenvalue weighted by Crippen LogP contribution is -2.12. The Morgan fingerprint density at radius 3 is 2.42 bits per heavy atom. The van der Waals surface area contributed by atoms with E-state index in [4.69, 9.17) is 0 Å². The van der Waals surface area contributed by atoms with Crippen LogP contribution in [0, 0.1) is 0 Å². The highest BCUT2D eigenvalue weighted by Gasteiger charge is 2.35. The van der Waals surface area contributed by atoms with E-state index in [0.717, 1.165) is 17.4 Å². The minimum Gasteiger partial charge on any atom is -0.288 e. The number of halogens is 3. The smallest absolute Gasteiger partial charge is 0.288 e. The number of hydrogen-bond acceptors (Lipinski definition) is 2. The number of aryl methyl sites for hydroxylation is 1. The fourth-order valence-corrected chi connectivity index (χ4v) is 2.65. The first kappa shape index (κ1) is 13.8. The zero-order valence-electron chi connectivity index (χ0n) is 10.1. The fourth-order valence-electron chi connectivity index (χ4n) is 1.75. The van der Waals surface area contributed by atoms with Crippen molar-refractivity contribution in [3.63, 3.8) is 0 Å². The predicted octanol–water partition coefficient (Wildman–Crippen LogP) is 4.56. The molecule has 0 spiro atoms. The van der Waals surface area contributed by atoms with Crippen molar-refractivity contribution < 1.29 is 18.0 Å². The van der Waals surface area contributed by atoms with E-state index in [2.05, 4.69) is 0 Å². The average Bonchev–Trinajstić information content (AvgIpc) is 2.85. The summed E-state index contributed by atoms with van der Waals surface area (Å²) in [6.45, 7) is 1.93. The van der Waals surface area contributed by atoms with Crippen LogP contribution in [0.4, 0.5) is 13.2 Å². The topological polar surface area (TPSA) is 17.1 Å². The molecule has 0 aliphatic rings. The lowest BCUT2D eigenvalue weighted by Gasteiger charge is -2.10. The molecule has 0 saturated carbocycles. The number of carbonyl (C=O) groups excluding carboxylic acids is 1. The molecule has 1 nitrogen and oxygen atoms in total. The number of thiophene rings is 1. The van der Waals surface area contributed by atoms with Gasteiger partial charge in [0.2, 0.25) is 5.78 Å². The second-order valence-corrected chi connectivity index (χ2v) is 5.16. The van der Waals surface area contributed by atoms with Crippen molar-refractivity contribution in [3.05, 3.63) is 57.3 Å². The van der Waals surface area contributed by atoms with Gasteiger partial charge in [-0.25, -0.2) is 0 Å². The summed E-state index contributed by atoms with van der Waals surface area (Å²) in [5, 5.41) is 0. The van der Waals surface area contributed by atoms with Crippen LogP contribution in [-0.4, -0.2) is 5.78 Å². The van der Waals surface area contributed by atoms with Crippen LogP contribution in [0.5, 0.6) is 0 Å². The number of rotatable bonds is 3. The molecule has 5 heteroatoms. The molecule has 0 saturated heterocycles. The fraction of sp³-hybridized carbons (Fsp3) is 0.214. The molecule has 1 aromatic heterocycles. The molecule has 19 heavy (non-hydrogen) atoms. The highest BCUT2D eigenvalue weighted by Crippen LogP contribution is 2.33. The van der Waals surface area contributed by atoms with Gasteiger partial charge in [0, 0.05) is 10.4 Å². The number of alkyl halides is 3. The van der Waals surface area contributed by atoms with Crippen LogP contribution >= 0.6 is 11.3 Å². The second-order valence-electron chi connectivity index (χ2n) is 3.99. The van der Waals surface area contributed by atoms with E-state index < -0.39 is 17.5 Å². The predicted molar refractivity (Wildman–Crippen MR) is 68.6 cm³/mol. The molecular formula is C14H11F3OS. The second kappa shape index (κ2) is 5.17. The first-order valence-electron chi connectivity index (χ1n) is 5.73. The maximum atomic E-state index is 12.8. The Labute approximate surface area is 112 Å². The van der Waals surface area contributed by atoms with E-state index in [1.807, 2.05) is 6.92 Å². The van der Waals surface area contributed by atoms with Gasteiger partial charge in [0.15, 0.2) is 0 Å². The summed E-state index contributed by atoms with van der Waals surface area (Å²) >= 11 is 1.24. The lowest BCUT2D eigenvalue weighted by molar-refractivity contribution is -0.137. The molecule has 2 aromatic rings. The molecule has 0 fully saturated rings. The Bertz CT molecular complexity index is 599. The zero-order chi connectivity index (χ0) is 14.0. The highest BCUT2D eigenvalue weighted by molar-refractivity contribution is 7.14. The van der Waals surface area contributed by atoms with Crippen molar-refractivity contribution in [1.82, 2.24) is 0 Å². The first-order valence-corrected chi connectivity index (χ1v) is 6.54. The first-order chi connectivity index (χ1) is 8.93. The number of ketones is 1. The summed E-state index contributed by atoms with van der Waals surface area (Å²) in [6, 6.07) is 8.23. The summed E-state index contributed by atoms with van der Waals surface area (Å²) in [7, 11) is 0. The number of benzene rings is 1. The van der Waals surface area contributed by atoms with E-state index in [1.165, 1.54) is 29.5 Å². The molecule has 0 amide bonds. The largest absolute Gasteiger partial charge is 0.417 e. The molecule has 0 N–H and O–H groups in total. The molecule has 0 atom stereocenters. The molecule has 100 valence electrons. The molecule has 0 unspecified atom stereocenters. The maximum Gasteiger partial charge on any atom is 0.417 e. The minimum absolute atomic E-state index is 0.292. The standard InChI is InChI=1S/C14H11F3OS/c1-2-9-7-8-12(19-9)13(18)10-5-3-4-6-11(10)14(15,16)17/h3-8H,2H2,1H3. The van der Waals surface area contributed by atoms with E-state index in [-0.39, 0.29) is 5.56 Å². The van der Waals surface area contributed by atoms with Crippen LogP contribution in [0.1, 0.15) is 32.6 Å². The van der Waals surface area contributed by atoms with Crippen LogP contribution in [-0.2, 0) is 12.6 Å². The molecule has 1 heterocycles. The van der Waals surface area contributed by atoms with Gasteiger partial charge in [-0.05, 0) is 24.6 Å². The maximum absolute atomic E-state index is 12.8. The Balaban J connectivity index is 2.44. The molecule has 1 aromatic carbocycles. The van der Waals surface area contributed by atoms with Gasteiger partial charge in [-0.1, -0.05) is 25.1 Å². The number of carbonyl (C=O) groups is 1. The van der Waals surface area contributed by atoms with Crippen LogP contribution in [0.15, 0.2) is 36.4 Å². The van der Waals surface area contributed by atoms with E-state index in [1.54, 1.807) is 12.1 Å². The zero-order valence-corrected chi connectivity index (χ0v) is 10.9. The number of hydrogen-bond donors (Lipinski definition) is 0. The molecule has 0 radical (unpaired) electrons. The third-order valence-corrected chi connectivity index (χ3v) is 3.94. The summed E-state index contributed by atoms with van der Waals surface area (Å²) in [5.41, 5.74) is -1.18. The summed E-state index contributed by atoms with van der Waals surface area (Å²) in [6.07, 6.45) is -3.75. The van der Waals surface area contributed by atoms with E-state index in [0.29, 0.717) is 4.88 Å². The van der Waals surface area contributed by atoms with Gasteiger partial charge in [0.25, 0.3) is 0 Å². The Hall–Kier alpha value is -1.62. The normalized spacial score (nSPS) is 11.6. The summed E-state index contributed by atoms with van der Waals surface area (Å²) < 4.78 is 38.5. The molecule has 0 aliphatic heterocycles. The van der Waals surface area contributed by atoms with Crippen LogP contribution in [0.2, 0.25) is 0 Å². The Kier molecular flexibility index (Phi) is 3.75. The Morgan fingerprint density at radius 2 is 1.84 bits per heavy atom.